The Hall–Kier alpha value is -1.16. The lowest BCUT2D eigenvalue weighted by Crippen LogP contribution is -3.14. The van der Waals surface area contributed by atoms with Crippen molar-refractivity contribution in [2.75, 3.05) is 26.0 Å². The van der Waals surface area contributed by atoms with Gasteiger partial charge in [-0.2, -0.15) is 4.98 Å². The molecule has 3 heterocycles. The number of H-pyrrole nitrogens is 1. The first kappa shape index (κ1) is 15.7. The van der Waals surface area contributed by atoms with Crippen LogP contribution in [-0.4, -0.2) is 51.9 Å². The van der Waals surface area contributed by atoms with E-state index in [0.717, 1.165) is 29.5 Å². The summed E-state index contributed by atoms with van der Waals surface area (Å²) < 4.78 is 7.27. The van der Waals surface area contributed by atoms with Crippen molar-refractivity contribution in [3.05, 3.63) is 22.3 Å². The van der Waals surface area contributed by atoms with Crippen molar-refractivity contribution in [2.45, 2.75) is 11.9 Å². The number of nitrogens with zero attached hydrogens (tertiary/aromatic N) is 2. The van der Waals surface area contributed by atoms with Gasteiger partial charge in [0.05, 0.1) is 18.5 Å². The fourth-order valence-electron chi connectivity index (χ4n) is 2.41. The molecule has 9 heteroatoms. The Bertz CT molecular complexity index is 694. The molecule has 1 saturated heterocycles. The molecule has 2 aromatic heterocycles. The number of rotatable bonds is 4. The van der Waals surface area contributed by atoms with Gasteiger partial charge in [-0.25, -0.2) is 4.68 Å². The van der Waals surface area contributed by atoms with Gasteiger partial charge in [0.15, 0.2) is 17.7 Å². The summed E-state index contributed by atoms with van der Waals surface area (Å²) in [5.41, 5.74) is 0. The standard InChI is InChI=1S/C13H16N4O2S3/c1-19-12(18)10-7-16(4-6-22-10)8-17-13(20)14-11(15-17)9-3-2-5-21-9/h2-3,5,10H,4,6-8H2,1H3,(H,14,15,20)/p+1/t10-/m1/s1. The van der Waals surface area contributed by atoms with E-state index in [4.69, 9.17) is 17.0 Å². The van der Waals surface area contributed by atoms with Crippen LogP contribution in [0.4, 0.5) is 0 Å². The van der Waals surface area contributed by atoms with Crippen LogP contribution in [0.1, 0.15) is 0 Å². The molecule has 22 heavy (non-hydrogen) atoms. The Balaban J connectivity index is 1.71. The van der Waals surface area contributed by atoms with E-state index in [1.54, 1.807) is 23.1 Å². The SMILES string of the molecule is COC(=O)[C@H]1C[NH+](Cn2[nH]c(-c3cccs3)nc2=S)CCS1. The molecule has 0 aromatic carbocycles. The third kappa shape index (κ3) is 3.43. The molecule has 2 aromatic rings. The van der Waals surface area contributed by atoms with E-state index in [0.29, 0.717) is 11.4 Å². The van der Waals surface area contributed by atoms with E-state index < -0.39 is 0 Å². The molecule has 1 aliphatic heterocycles. The third-order valence-corrected chi connectivity index (χ3v) is 5.92. The number of hydrogen-bond donors (Lipinski definition) is 2. The molecule has 0 amide bonds. The summed E-state index contributed by atoms with van der Waals surface area (Å²) in [5.74, 6) is 1.60. The van der Waals surface area contributed by atoms with E-state index in [9.17, 15) is 4.79 Å². The maximum Gasteiger partial charge on any atom is 0.324 e. The number of ether oxygens (including phenoxy) is 1. The number of thiophene rings is 1. The summed E-state index contributed by atoms with van der Waals surface area (Å²) >= 11 is 8.62. The van der Waals surface area contributed by atoms with Crippen molar-refractivity contribution in [1.29, 1.82) is 0 Å². The molecule has 6 nitrogen and oxygen atoms in total. The smallest absolute Gasteiger partial charge is 0.324 e. The van der Waals surface area contributed by atoms with Crippen LogP contribution in [0.3, 0.4) is 0 Å². The largest absolute Gasteiger partial charge is 0.468 e. The second-order valence-electron chi connectivity index (χ2n) is 5.00. The van der Waals surface area contributed by atoms with Crippen LogP contribution in [0.2, 0.25) is 0 Å². The lowest BCUT2D eigenvalue weighted by atomic mass is 10.3. The number of aromatic nitrogens is 3. The highest BCUT2D eigenvalue weighted by Gasteiger charge is 2.30. The normalized spacial score (nSPS) is 21.7. The summed E-state index contributed by atoms with van der Waals surface area (Å²) in [6, 6.07) is 4.00. The first-order valence-corrected chi connectivity index (χ1v) is 9.25. The molecular formula is C13H17N4O2S3+. The lowest BCUT2D eigenvalue weighted by Gasteiger charge is -2.27. The molecular weight excluding hydrogens is 340 g/mol. The van der Waals surface area contributed by atoms with Crippen molar-refractivity contribution in [3.8, 4) is 10.7 Å². The van der Waals surface area contributed by atoms with Crippen molar-refractivity contribution in [3.63, 3.8) is 0 Å². The topological polar surface area (TPSA) is 64.3 Å². The Morgan fingerprint density at radius 2 is 2.55 bits per heavy atom. The van der Waals surface area contributed by atoms with Gasteiger partial charge in [-0.1, -0.05) is 6.07 Å². The van der Waals surface area contributed by atoms with Gasteiger partial charge in [-0.05, 0) is 23.7 Å². The lowest BCUT2D eigenvalue weighted by molar-refractivity contribution is -0.921. The van der Waals surface area contributed by atoms with Crippen LogP contribution in [0.25, 0.3) is 10.7 Å². The number of carbonyl (C=O) groups is 1. The van der Waals surface area contributed by atoms with Gasteiger partial charge >= 0.3 is 5.97 Å². The van der Waals surface area contributed by atoms with E-state index >= 15 is 0 Å². The summed E-state index contributed by atoms with van der Waals surface area (Å²) in [6.07, 6.45) is 0. The minimum atomic E-state index is -0.144. The van der Waals surface area contributed by atoms with Gasteiger partial charge in [0, 0.05) is 5.75 Å². The molecule has 1 unspecified atom stereocenters. The van der Waals surface area contributed by atoms with Crippen LogP contribution in [-0.2, 0) is 16.2 Å². The van der Waals surface area contributed by atoms with E-state index in [-0.39, 0.29) is 11.2 Å². The fourth-order valence-corrected chi connectivity index (χ4v) is 4.55. The highest BCUT2D eigenvalue weighted by molar-refractivity contribution is 8.00. The minimum absolute atomic E-state index is 0.0948. The van der Waals surface area contributed by atoms with Crippen molar-refractivity contribution < 1.29 is 14.4 Å². The zero-order chi connectivity index (χ0) is 15.5. The Kier molecular flexibility index (Phi) is 4.97. The molecule has 3 rings (SSSR count). The zero-order valence-corrected chi connectivity index (χ0v) is 14.5. The summed E-state index contributed by atoms with van der Waals surface area (Å²) in [7, 11) is 1.44. The molecule has 0 aliphatic carbocycles. The predicted molar refractivity (Wildman–Crippen MR) is 89.7 cm³/mol. The second kappa shape index (κ2) is 6.95. The molecule has 0 radical (unpaired) electrons. The second-order valence-corrected chi connectivity index (χ2v) is 7.63. The molecule has 2 atom stereocenters. The highest BCUT2D eigenvalue weighted by Crippen LogP contribution is 2.20. The van der Waals surface area contributed by atoms with Gasteiger partial charge in [0.1, 0.15) is 6.54 Å². The van der Waals surface area contributed by atoms with Crippen molar-refractivity contribution in [2.24, 2.45) is 0 Å². The third-order valence-electron chi connectivity index (χ3n) is 3.53. The van der Waals surface area contributed by atoms with Crippen LogP contribution < -0.4 is 4.90 Å². The summed E-state index contributed by atoms with van der Waals surface area (Å²) in [6.45, 7) is 2.42. The maximum atomic E-state index is 11.7. The average Bonchev–Trinajstić information content (AvgIpc) is 3.17. The number of methoxy groups -OCH3 is 1. The number of quaternary nitrogens is 1. The van der Waals surface area contributed by atoms with Crippen LogP contribution >= 0.6 is 35.3 Å². The van der Waals surface area contributed by atoms with Gasteiger partial charge in [-0.15, -0.1) is 23.1 Å². The molecule has 1 aliphatic rings. The number of carbonyl (C=O) groups excluding carboxylic acids is 1. The van der Waals surface area contributed by atoms with Crippen LogP contribution in [0, 0.1) is 4.77 Å². The van der Waals surface area contributed by atoms with Gasteiger partial charge in [0.2, 0.25) is 4.77 Å². The molecule has 118 valence electrons. The average molecular weight is 358 g/mol. The molecule has 2 N–H and O–H groups in total. The highest BCUT2D eigenvalue weighted by atomic mass is 32.2. The van der Waals surface area contributed by atoms with Crippen molar-refractivity contribution in [1.82, 2.24) is 14.8 Å². The first-order chi connectivity index (χ1) is 10.7. The van der Waals surface area contributed by atoms with Gasteiger partial charge in [0.25, 0.3) is 0 Å². The monoisotopic (exact) mass is 357 g/mol. The van der Waals surface area contributed by atoms with E-state index in [2.05, 4.69) is 10.1 Å². The maximum absolute atomic E-state index is 11.7. The summed E-state index contributed by atoms with van der Waals surface area (Å²) in [5, 5.41) is 5.18. The molecule has 0 spiro atoms. The van der Waals surface area contributed by atoms with Crippen molar-refractivity contribution >= 4 is 41.3 Å². The quantitative estimate of drug-likeness (QED) is 0.626. The minimum Gasteiger partial charge on any atom is -0.468 e. The molecule has 1 fully saturated rings. The number of hydrogen-bond acceptors (Lipinski definition) is 6. The number of esters is 1. The van der Waals surface area contributed by atoms with Crippen LogP contribution in [0.5, 0.6) is 0 Å². The molecule has 0 bridgehead atoms. The first-order valence-electron chi connectivity index (χ1n) is 6.91. The Labute approximate surface area is 141 Å². The predicted octanol–water partition coefficient (Wildman–Crippen LogP) is 0.800. The van der Waals surface area contributed by atoms with Crippen LogP contribution in [0.15, 0.2) is 17.5 Å². The fraction of sp³-hybridized carbons (Fsp3) is 0.462. The van der Waals surface area contributed by atoms with Gasteiger partial charge < -0.3 is 9.64 Å². The number of aromatic amines is 1. The number of thioether (sulfide) groups is 1. The van der Waals surface area contributed by atoms with Gasteiger partial charge in [-0.3, -0.25) is 9.89 Å². The summed E-state index contributed by atoms with van der Waals surface area (Å²) in [4.78, 5) is 18.5. The number of nitrogens with one attached hydrogen (secondary N) is 2. The van der Waals surface area contributed by atoms with E-state index in [1.807, 2.05) is 22.2 Å². The van der Waals surface area contributed by atoms with E-state index in [1.165, 1.54) is 12.0 Å². The molecule has 0 saturated carbocycles. The zero-order valence-electron chi connectivity index (χ0n) is 12.1. The Morgan fingerprint density at radius 1 is 1.68 bits per heavy atom. The Morgan fingerprint density at radius 3 is 3.27 bits per heavy atom.